The average Bonchev–Trinajstić information content (AvgIpc) is 2.65. The Morgan fingerprint density at radius 2 is 1.45 bits per heavy atom. The molecule has 0 radical (unpaired) electrons. The lowest BCUT2D eigenvalue weighted by molar-refractivity contribution is 0.405. The number of rotatable bonds is 2. The molecule has 1 aromatic carbocycles. The van der Waals surface area contributed by atoms with Gasteiger partial charge in [0.25, 0.3) is 0 Å². The zero-order chi connectivity index (χ0) is 14.3. The lowest BCUT2D eigenvalue weighted by Gasteiger charge is -2.15. The summed E-state index contributed by atoms with van der Waals surface area (Å²) in [5.74, 6) is 1.89. The number of ether oxygens (including phenoxy) is 2. The third kappa shape index (κ3) is 1.64. The van der Waals surface area contributed by atoms with Crippen molar-refractivity contribution in [2.24, 2.45) is 0 Å². The Balaban J connectivity index is 2.57. The predicted octanol–water partition coefficient (Wildman–Crippen LogP) is 4.58. The van der Waals surface area contributed by atoms with E-state index < -0.39 is 0 Å². The molecule has 2 aliphatic rings. The van der Waals surface area contributed by atoms with Gasteiger partial charge in [0.2, 0.25) is 0 Å². The van der Waals surface area contributed by atoms with Gasteiger partial charge in [-0.3, -0.25) is 0 Å². The normalized spacial score (nSPS) is 11.0. The average molecular weight is 266 g/mol. The molecule has 3 rings (SSSR count). The molecule has 0 fully saturated rings. The van der Waals surface area contributed by atoms with Gasteiger partial charge >= 0.3 is 0 Å². The van der Waals surface area contributed by atoms with Crippen LogP contribution in [0.3, 0.4) is 0 Å². The molecule has 20 heavy (non-hydrogen) atoms. The van der Waals surface area contributed by atoms with Crippen LogP contribution in [0.25, 0.3) is 21.9 Å². The van der Waals surface area contributed by atoms with Crippen LogP contribution in [0.5, 0.6) is 11.5 Å². The van der Waals surface area contributed by atoms with Crippen LogP contribution in [0.4, 0.5) is 0 Å². The fourth-order valence-electron chi connectivity index (χ4n) is 2.96. The molecule has 0 unspecified atom stereocenters. The van der Waals surface area contributed by atoms with E-state index >= 15 is 0 Å². The molecule has 2 nitrogen and oxygen atoms in total. The van der Waals surface area contributed by atoms with E-state index in [4.69, 9.17) is 9.47 Å². The van der Waals surface area contributed by atoms with Crippen LogP contribution in [-0.4, -0.2) is 14.2 Å². The highest BCUT2D eigenvalue weighted by Crippen LogP contribution is 2.47. The van der Waals surface area contributed by atoms with Gasteiger partial charge in [-0.15, -0.1) is 0 Å². The molecule has 0 saturated carbocycles. The second kappa shape index (κ2) is 4.71. The van der Waals surface area contributed by atoms with Gasteiger partial charge in [-0.1, -0.05) is 30.3 Å². The number of methoxy groups -OCH3 is 2. The molecule has 1 aromatic rings. The van der Waals surface area contributed by atoms with Crippen molar-refractivity contribution in [3.05, 3.63) is 47.5 Å². The summed E-state index contributed by atoms with van der Waals surface area (Å²) in [5, 5.41) is 2.26. The first-order valence-electron chi connectivity index (χ1n) is 6.71. The van der Waals surface area contributed by atoms with Crippen molar-refractivity contribution in [1.29, 1.82) is 0 Å². The molecule has 0 spiro atoms. The number of fused-ring (bicyclic) bond motifs is 3. The van der Waals surface area contributed by atoms with E-state index in [0.29, 0.717) is 0 Å². The second-order valence-corrected chi connectivity index (χ2v) is 5.03. The summed E-state index contributed by atoms with van der Waals surface area (Å²) in [7, 11) is 3.46. The zero-order valence-electron chi connectivity index (χ0n) is 12.3. The third-order valence-electron chi connectivity index (χ3n) is 4.03. The maximum atomic E-state index is 5.68. The molecule has 0 heterocycles. The van der Waals surface area contributed by atoms with Crippen LogP contribution in [0.2, 0.25) is 0 Å². The minimum absolute atomic E-state index is 0.942. The van der Waals surface area contributed by atoms with Crippen LogP contribution in [-0.2, 0) is 0 Å². The van der Waals surface area contributed by atoms with Crippen LogP contribution in [0.1, 0.15) is 11.1 Å². The Morgan fingerprint density at radius 1 is 0.800 bits per heavy atom. The fourth-order valence-corrected chi connectivity index (χ4v) is 2.96. The van der Waals surface area contributed by atoms with Crippen molar-refractivity contribution in [3.8, 4) is 22.6 Å². The number of hydrogen-bond acceptors (Lipinski definition) is 2. The van der Waals surface area contributed by atoms with E-state index in [-0.39, 0.29) is 0 Å². The minimum Gasteiger partial charge on any atom is -0.496 e. The molecular formula is C18H18O2. The lowest BCUT2D eigenvalue weighted by atomic mass is 10.0. The van der Waals surface area contributed by atoms with Crippen molar-refractivity contribution in [3.63, 3.8) is 0 Å². The summed E-state index contributed by atoms with van der Waals surface area (Å²) in [6, 6.07) is 12.6. The highest BCUT2D eigenvalue weighted by Gasteiger charge is 2.21. The second-order valence-electron chi connectivity index (χ2n) is 5.03. The Morgan fingerprint density at radius 3 is 2.15 bits per heavy atom. The first-order valence-corrected chi connectivity index (χ1v) is 6.71. The van der Waals surface area contributed by atoms with Crippen LogP contribution >= 0.6 is 0 Å². The molecule has 0 aromatic heterocycles. The quantitative estimate of drug-likeness (QED) is 0.676. The van der Waals surface area contributed by atoms with Crippen molar-refractivity contribution in [2.45, 2.75) is 13.8 Å². The van der Waals surface area contributed by atoms with Crippen LogP contribution < -0.4 is 9.47 Å². The molecule has 102 valence electrons. The molecule has 0 amide bonds. The monoisotopic (exact) mass is 266 g/mol. The van der Waals surface area contributed by atoms with E-state index in [9.17, 15) is 0 Å². The molecule has 2 heteroatoms. The Kier molecular flexibility index (Phi) is 3.01. The molecule has 0 N–H and O–H groups in total. The molecule has 0 bridgehead atoms. The van der Waals surface area contributed by atoms with E-state index in [1.165, 1.54) is 11.1 Å². The van der Waals surface area contributed by atoms with E-state index in [2.05, 4.69) is 44.2 Å². The highest BCUT2D eigenvalue weighted by atomic mass is 16.5. The van der Waals surface area contributed by atoms with E-state index in [1.54, 1.807) is 14.2 Å². The standard InChI is InChI=1S/C18H18O2/c1-11-12(2)18(20-4)16-14-9-7-5-6-8-13(14)10-15(16)17(11)19-3/h5-10H,1-4H3. The number of benzene rings is 1. The van der Waals surface area contributed by atoms with E-state index in [1.807, 2.05) is 6.07 Å². The van der Waals surface area contributed by atoms with Gasteiger partial charge in [-0.05, 0) is 42.2 Å². The largest absolute Gasteiger partial charge is 0.496 e. The maximum absolute atomic E-state index is 5.68. The summed E-state index contributed by atoms with van der Waals surface area (Å²) in [4.78, 5) is 0. The Hall–Kier alpha value is -2.22. The molecule has 0 aliphatic heterocycles. The number of hydrogen-bond donors (Lipinski definition) is 0. The minimum atomic E-state index is 0.942. The zero-order valence-corrected chi connectivity index (χ0v) is 12.3. The highest BCUT2D eigenvalue weighted by molar-refractivity contribution is 6.09. The summed E-state index contributed by atoms with van der Waals surface area (Å²) in [6.45, 7) is 4.16. The topological polar surface area (TPSA) is 18.5 Å². The Bertz CT molecular complexity index is 759. The molecule has 0 saturated heterocycles. The SMILES string of the molecule is COc1c(C)c(C)c(OC)c2c3cccccc-3cc12. The fraction of sp³-hybridized carbons (Fsp3) is 0.222. The van der Waals surface area contributed by atoms with Gasteiger partial charge in [-0.2, -0.15) is 0 Å². The summed E-state index contributed by atoms with van der Waals surface area (Å²) < 4.78 is 11.3. The van der Waals surface area contributed by atoms with Crippen LogP contribution in [0, 0.1) is 13.8 Å². The van der Waals surface area contributed by atoms with Gasteiger partial charge in [0.1, 0.15) is 11.5 Å². The van der Waals surface area contributed by atoms with Crippen molar-refractivity contribution in [2.75, 3.05) is 14.2 Å². The van der Waals surface area contributed by atoms with Gasteiger partial charge < -0.3 is 9.47 Å². The van der Waals surface area contributed by atoms with Gasteiger partial charge in [0.15, 0.2) is 0 Å². The molecule has 0 atom stereocenters. The predicted molar refractivity (Wildman–Crippen MR) is 83.1 cm³/mol. The van der Waals surface area contributed by atoms with Gasteiger partial charge in [-0.25, -0.2) is 0 Å². The summed E-state index contributed by atoms with van der Waals surface area (Å²) in [5.41, 5.74) is 4.67. The van der Waals surface area contributed by atoms with Gasteiger partial charge in [0, 0.05) is 10.8 Å². The first-order chi connectivity index (χ1) is 9.69. The van der Waals surface area contributed by atoms with Gasteiger partial charge in [0.05, 0.1) is 14.2 Å². The van der Waals surface area contributed by atoms with E-state index in [0.717, 1.165) is 33.4 Å². The smallest absolute Gasteiger partial charge is 0.130 e. The summed E-state index contributed by atoms with van der Waals surface area (Å²) >= 11 is 0. The van der Waals surface area contributed by atoms with Crippen molar-refractivity contribution >= 4 is 10.8 Å². The first kappa shape index (κ1) is 12.8. The van der Waals surface area contributed by atoms with Crippen molar-refractivity contribution < 1.29 is 9.47 Å². The van der Waals surface area contributed by atoms with Crippen molar-refractivity contribution in [1.82, 2.24) is 0 Å². The van der Waals surface area contributed by atoms with Crippen LogP contribution in [0.15, 0.2) is 36.4 Å². The third-order valence-corrected chi connectivity index (χ3v) is 4.03. The maximum Gasteiger partial charge on any atom is 0.130 e. The lowest BCUT2D eigenvalue weighted by Crippen LogP contribution is -1.95. The Labute approximate surface area is 119 Å². The molecular weight excluding hydrogens is 248 g/mol. The molecule has 2 aliphatic carbocycles. The summed E-state index contributed by atoms with van der Waals surface area (Å²) in [6.07, 6.45) is 0.